The number of benzene rings is 1. The smallest absolute Gasteiger partial charge is 0.206 e. The van der Waals surface area contributed by atoms with Crippen LogP contribution in [-0.4, -0.2) is 12.9 Å². The number of carbonyl (C=O) groups excluding carboxylic acids is 1. The van der Waals surface area contributed by atoms with E-state index in [1.807, 2.05) is 42.6 Å². The number of methoxy groups -OCH3 is 1. The lowest BCUT2D eigenvalue weighted by atomic mass is 10.1. The third-order valence-corrected chi connectivity index (χ3v) is 3.26. The van der Waals surface area contributed by atoms with Gasteiger partial charge in [-0.3, -0.25) is 4.79 Å². The Morgan fingerprint density at radius 3 is 2.50 bits per heavy atom. The van der Waals surface area contributed by atoms with Crippen molar-refractivity contribution in [3.8, 4) is 5.75 Å². The second-order valence-corrected chi connectivity index (χ2v) is 4.43. The van der Waals surface area contributed by atoms with Gasteiger partial charge in [0.25, 0.3) is 0 Å². The highest BCUT2D eigenvalue weighted by molar-refractivity contribution is 7.12. The first-order valence-electron chi connectivity index (χ1n) is 4.95. The van der Waals surface area contributed by atoms with E-state index in [-0.39, 0.29) is 5.78 Å². The van der Waals surface area contributed by atoms with Gasteiger partial charge in [0.05, 0.1) is 7.11 Å². The van der Waals surface area contributed by atoms with Crippen LogP contribution in [0.5, 0.6) is 5.75 Å². The summed E-state index contributed by atoms with van der Waals surface area (Å²) in [5.74, 6) is 0.669. The minimum atomic E-state index is 0.0202. The zero-order chi connectivity index (χ0) is 11.5. The molecule has 1 aromatic carbocycles. The van der Waals surface area contributed by atoms with Gasteiger partial charge in [0.2, 0.25) is 5.78 Å². The lowest BCUT2D eigenvalue weighted by Crippen LogP contribution is -2.00. The molecule has 2 aromatic rings. The molecule has 3 heteroatoms. The van der Waals surface area contributed by atoms with Crippen LogP contribution >= 0.6 is 11.3 Å². The van der Waals surface area contributed by atoms with Crippen LogP contribution in [0.1, 0.15) is 20.8 Å². The maximum absolute atomic E-state index is 12.1. The van der Waals surface area contributed by atoms with Crippen molar-refractivity contribution in [2.45, 2.75) is 6.92 Å². The van der Waals surface area contributed by atoms with E-state index >= 15 is 0 Å². The van der Waals surface area contributed by atoms with Crippen LogP contribution in [-0.2, 0) is 0 Å². The molecule has 16 heavy (non-hydrogen) atoms. The number of hydrogen-bond donors (Lipinski definition) is 0. The molecule has 0 saturated carbocycles. The van der Waals surface area contributed by atoms with Gasteiger partial charge in [0, 0.05) is 5.56 Å². The zero-order valence-electron chi connectivity index (χ0n) is 9.19. The molecule has 0 aliphatic carbocycles. The van der Waals surface area contributed by atoms with Crippen molar-refractivity contribution in [3.63, 3.8) is 0 Å². The summed E-state index contributed by atoms with van der Waals surface area (Å²) >= 11 is 1.41. The van der Waals surface area contributed by atoms with E-state index in [1.165, 1.54) is 11.3 Å². The number of aryl methyl sites for hydroxylation is 1. The van der Waals surface area contributed by atoms with Crippen LogP contribution in [0.15, 0.2) is 35.7 Å². The normalized spacial score (nSPS) is 10.1. The monoisotopic (exact) mass is 232 g/mol. The Morgan fingerprint density at radius 1 is 1.19 bits per heavy atom. The molecular weight excluding hydrogens is 220 g/mol. The molecule has 1 heterocycles. The van der Waals surface area contributed by atoms with E-state index in [2.05, 4.69) is 0 Å². The van der Waals surface area contributed by atoms with E-state index in [0.29, 0.717) is 16.2 Å². The van der Waals surface area contributed by atoms with E-state index < -0.39 is 0 Å². The fraction of sp³-hybridized carbons (Fsp3) is 0.154. The maximum atomic E-state index is 12.1. The van der Waals surface area contributed by atoms with E-state index in [4.69, 9.17) is 4.74 Å². The molecule has 0 radical (unpaired) electrons. The number of ketones is 1. The van der Waals surface area contributed by atoms with Gasteiger partial charge in [0.1, 0.15) is 10.6 Å². The Labute approximate surface area is 98.5 Å². The van der Waals surface area contributed by atoms with Gasteiger partial charge < -0.3 is 4.74 Å². The number of carbonyl (C=O) groups is 1. The summed E-state index contributed by atoms with van der Waals surface area (Å²) < 4.78 is 5.14. The number of rotatable bonds is 3. The van der Waals surface area contributed by atoms with E-state index in [9.17, 15) is 4.79 Å². The van der Waals surface area contributed by atoms with Crippen LogP contribution in [0.25, 0.3) is 0 Å². The molecule has 0 aliphatic heterocycles. The zero-order valence-corrected chi connectivity index (χ0v) is 10.0. The van der Waals surface area contributed by atoms with Crippen LogP contribution in [0.2, 0.25) is 0 Å². The molecular formula is C13H12O2S. The molecule has 0 aliphatic rings. The van der Waals surface area contributed by atoms with Crippen molar-refractivity contribution in [2.75, 3.05) is 7.11 Å². The molecule has 0 N–H and O–H groups in total. The Morgan fingerprint density at radius 2 is 1.88 bits per heavy atom. The third-order valence-electron chi connectivity index (χ3n) is 2.37. The standard InChI is InChI=1S/C13H12O2S/c1-9-3-5-10(6-4-9)12(14)13-11(15-2)7-8-16-13/h3-8H,1-2H3. The Balaban J connectivity index is 2.35. The lowest BCUT2D eigenvalue weighted by Gasteiger charge is -2.02. The third kappa shape index (κ3) is 1.99. The SMILES string of the molecule is COc1ccsc1C(=O)c1ccc(C)cc1. The average molecular weight is 232 g/mol. The molecule has 0 bridgehead atoms. The van der Waals surface area contributed by atoms with Crippen molar-refractivity contribution in [1.82, 2.24) is 0 Å². The Kier molecular flexibility index (Phi) is 3.06. The van der Waals surface area contributed by atoms with E-state index in [1.54, 1.807) is 7.11 Å². The van der Waals surface area contributed by atoms with Crippen molar-refractivity contribution < 1.29 is 9.53 Å². The molecule has 2 nitrogen and oxygen atoms in total. The molecule has 0 fully saturated rings. The highest BCUT2D eigenvalue weighted by atomic mass is 32.1. The number of thiophene rings is 1. The fourth-order valence-electron chi connectivity index (χ4n) is 1.46. The van der Waals surface area contributed by atoms with Crippen LogP contribution < -0.4 is 4.74 Å². The molecule has 0 spiro atoms. The summed E-state index contributed by atoms with van der Waals surface area (Å²) in [6, 6.07) is 9.38. The maximum Gasteiger partial charge on any atom is 0.206 e. The lowest BCUT2D eigenvalue weighted by molar-refractivity contribution is 0.104. The van der Waals surface area contributed by atoms with Gasteiger partial charge in [-0.25, -0.2) is 0 Å². The minimum absolute atomic E-state index is 0.0202. The van der Waals surface area contributed by atoms with Crippen LogP contribution in [0.4, 0.5) is 0 Å². The summed E-state index contributed by atoms with van der Waals surface area (Å²) in [6.07, 6.45) is 0. The molecule has 2 rings (SSSR count). The van der Waals surface area contributed by atoms with Gasteiger partial charge in [-0.2, -0.15) is 0 Å². The van der Waals surface area contributed by atoms with Gasteiger partial charge in [-0.1, -0.05) is 29.8 Å². The average Bonchev–Trinajstić information content (AvgIpc) is 2.77. The van der Waals surface area contributed by atoms with E-state index in [0.717, 1.165) is 5.56 Å². The molecule has 1 aromatic heterocycles. The van der Waals surface area contributed by atoms with Gasteiger partial charge in [-0.05, 0) is 18.4 Å². The predicted octanol–water partition coefficient (Wildman–Crippen LogP) is 3.30. The fourth-order valence-corrected chi connectivity index (χ4v) is 2.28. The molecule has 0 amide bonds. The van der Waals surface area contributed by atoms with Crippen molar-refractivity contribution in [2.24, 2.45) is 0 Å². The van der Waals surface area contributed by atoms with Crippen molar-refractivity contribution >= 4 is 17.1 Å². The first-order valence-corrected chi connectivity index (χ1v) is 5.83. The summed E-state index contributed by atoms with van der Waals surface area (Å²) in [4.78, 5) is 12.8. The summed E-state index contributed by atoms with van der Waals surface area (Å²) in [7, 11) is 1.58. The van der Waals surface area contributed by atoms with Gasteiger partial charge >= 0.3 is 0 Å². The summed E-state index contributed by atoms with van der Waals surface area (Å²) in [6.45, 7) is 2.00. The molecule has 0 atom stereocenters. The number of hydrogen-bond acceptors (Lipinski definition) is 3. The first-order chi connectivity index (χ1) is 7.72. The molecule has 0 saturated heterocycles. The van der Waals surface area contributed by atoms with Gasteiger partial charge in [-0.15, -0.1) is 11.3 Å². The topological polar surface area (TPSA) is 26.3 Å². The summed E-state index contributed by atoms with van der Waals surface area (Å²) in [5.41, 5.74) is 1.85. The minimum Gasteiger partial charge on any atom is -0.495 e. The Hall–Kier alpha value is -1.61. The highest BCUT2D eigenvalue weighted by Gasteiger charge is 2.15. The molecule has 0 unspecified atom stereocenters. The highest BCUT2D eigenvalue weighted by Crippen LogP contribution is 2.27. The second-order valence-electron chi connectivity index (χ2n) is 3.51. The largest absolute Gasteiger partial charge is 0.495 e. The van der Waals surface area contributed by atoms with Gasteiger partial charge in [0.15, 0.2) is 0 Å². The predicted molar refractivity (Wildman–Crippen MR) is 65.5 cm³/mol. The van der Waals surface area contributed by atoms with Crippen molar-refractivity contribution in [3.05, 3.63) is 51.7 Å². The quantitative estimate of drug-likeness (QED) is 0.759. The van der Waals surface area contributed by atoms with Crippen LogP contribution in [0.3, 0.4) is 0 Å². The molecule has 82 valence electrons. The second kappa shape index (κ2) is 4.49. The first kappa shape index (κ1) is 10.9. The van der Waals surface area contributed by atoms with Crippen LogP contribution in [0, 0.1) is 6.92 Å². The number of ether oxygens (including phenoxy) is 1. The Bertz CT molecular complexity index is 497. The summed E-state index contributed by atoms with van der Waals surface area (Å²) in [5, 5.41) is 1.86. The van der Waals surface area contributed by atoms with Crippen molar-refractivity contribution in [1.29, 1.82) is 0 Å².